The van der Waals surface area contributed by atoms with E-state index in [0.29, 0.717) is 0 Å². The average Bonchev–Trinajstić information content (AvgIpc) is 2.20. The first kappa shape index (κ1) is 106. The molecule has 0 amide bonds. The molecule has 0 aromatic rings. The molecule has 0 saturated carbocycles. The summed E-state index contributed by atoms with van der Waals surface area (Å²) in [5, 5.41) is 103. The Hall–Kier alpha value is -3.85. The maximum absolute atomic E-state index is 8.25. The van der Waals surface area contributed by atoms with E-state index in [1.54, 1.807) is 0 Å². The van der Waals surface area contributed by atoms with E-state index < -0.39 is 35.6 Å². The van der Waals surface area contributed by atoms with Gasteiger partial charge in [-0.1, -0.05) is 0 Å². The minimum atomic E-state index is -1.75. The number of hydrogen-bond donors (Lipinski definition) is 0. The van der Waals surface area contributed by atoms with E-state index in [1.807, 2.05) is 0 Å². The Morgan fingerprint density at radius 1 is 0.250 bits per heavy atom. The SMILES string of the molecule is O.O.O.O.O.O.O=[N+]([O-])[O-].O=[N+]([O-])[O-].O=[N+]([O-])[O-].O=[N+]([O-])[O-].O=[N+]([O-])[O-].O=[N+]([O-])[O-].O=[N+]([O-])[O-].[Y+3].[Zr+4]. The maximum atomic E-state index is 8.25. The Bertz CT molecular complexity index is 317. The Kier molecular flexibility index (Phi) is 284. The Morgan fingerprint density at radius 2 is 0.250 bits per heavy atom. The molecular weight excluding hydrogens is 710 g/mol. The molecule has 0 heterocycles. The third kappa shape index (κ3) is 1730. The van der Waals surface area contributed by atoms with Crippen LogP contribution in [0.4, 0.5) is 0 Å². The van der Waals surface area contributed by atoms with Crippen molar-refractivity contribution in [3.05, 3.63) is 107 Å². The van der Waals surface area contributed by atoms with Crippen LogP contribution in [0.2, 0.25) is 0 Å². The summed E-state index contributed by atoms with van der Waals surface area (Å²) in [5.41, 5.74) is 0. The van der Waals surface area contributed by atoms with Gasteiger partial charge in [0.05, 0.1) is 35.6 Å². The fourth-order valence-corrected chi connectivity index (χ4v) is 0. The molecule has 0 unspecified atom stereocenters. The van der Waals surface area contributed by atoms with Crippen LogP contribution in [0.25, 0.3) is 0 Å². The van der Waals surface area contributed by atoms with Crippen molar-refractivity contribution in [3.8, 4) is 0 Å². The first-order chi connectivity index (χ1) is 12.1. The van der Waals surface area contributed by atoms with E-state index in [0.717, 1.165) is 0 Å². The van der Waals surface area contributed by atoms with Crippen LogP contribution in [0.15, 0.2) is 0 Å². The smallest absolute Gasteiger partial charge is 0.412 e. The van der Waals surface area contributed by atoms with Gasteiger partial charge in [-0.25, -0.2) is 0 Å². The minimum absolute atomic E-state index is 0. The first-order valence-corrected chi connectivity index (χ1v) is 3.83. The molecule has 0 aliphatic heterocycles. The normalized spacial score (nSPS) is 4.67. The van der Waals surface area contributed by atoms with Crippen LogP contribution in [-0.4, -0.2) is 68.5 Å². The van der Waals surface area contributed by atoms with Gasteiger partial charge in [0.2, 0.25) is 0 Å². The molecule has 0 aliphatic carbocycles. The van der Waals surface area contributed by atoms with Gasteiger partial charge in [0.1, 0.15) is 0 Å². The van der Waals surface area contributed by atoms with Crippen LogP contribution in [-0.2, 0) is 58.9 Å². The van der Waals surface area contributed by atoms with E-state index >= 15 is 0 Å². The average molecular weight is 722 g/mol. The van der Waals surface area contributed by atoms with Gasteiger partial charge in [0.25, 0.3) is 0 Å². The summed E-state index contributed by atoms with van der Waals surface area (Å²) >= 11 is 0. The van der Waals surface area contributed by atoms with Gasteiger partial charge in [0, 0.05) is 0 Å². The summed E-state index contributed by atoms with van der Waals surface area (Å²) in [5.74, 6) is 0. The van der Waals surface area contributed by atoms with Gasteiger partial charge in [-0.15, -0.1) is 0 Å². The van der Waals surface area contributed by atoms with Gasteiger partial charge in [-0.3, -0.25) is 0 Å². The van der Waals surface area contributed by atoms with Gasteiger partial charge < -0.3 is 140 Å². The fraction of sp³-hybridized carbons (Fsp3) is 0. The molecule has 0 aliphatic rings. The molecule has 0 bridgehead atoms. The van der Waals surface area contributed by atoms with Crippen LogP contribution < -0.4 is 0 Å². The van der Waals surface area contributed by atoms with Crippen LogP contribution in [0.1, 0.15) is 0 Å². The van der Waals surface area contributed by atoms with Gasteiger partial charge in [0.15, 0.2) is 0 Å². The zero-order chi connectivity index (χ0) is 25.0. The van der Waals surface area contributed by atoms with Crippen molar-refractivity contribution in [2.24, 2.45) is 0 Å². The predicted octanol–water partition coefficient (Wildman–Crippen LogP) is -6.63. The molecule has 0 saturated heterocycles. The molecule has 34 nitrogen and oxygen atoms in total. The van der Waals surface area contributed by atoms with Crippen LogP contribution >= 0.6 is 0 Å². The molecule has 36 heteroatoms. The predicted molar refractivity (Wildman–Crippen MR) is 94.2 cm³/mol. The molecule has 12 N–H and O–H groups in total. The Morgan fingerprint density at radius 3 is 0.250 bits per heavy atom. The monoisotopic (exact) mass is 721 g/mol. The molecule has 0 spiro atoms. The van der Waals surface area contributed by atoms with Crippen molar-refractivity contribution >= 4 is 0 Å². The summed E-state index contributed by atoms with van der Waals surface area (Å²) in [6.07, 6.45) is 0. The van der Waals surface area contributed by atoms with Crippen LogP contribution in [0, 0.1) is 107 Å². The Balaban J connectivity index is -0.0000000106. The van der Waals surface area contributed by atoms with E-state index in [-0.39, 0.29) is 91.8 Å². The maximum Gasteiger partial charge on any atom is 4.00 e. The molecule has 0 fully saturated rings. The summed E-state index contributed by atoms with van der Waals surface area (Å²) in [6, 6.07) is 0. The topological polar surface area (TPSA) is 652 Å². The third-order valence-electron chi connectivity index (χ3n) is 0. The molecule has 0 radical (unpaired) electrons. The second-order valence-corrected chi connectivity index (χ2v) is 1.57. The largest absolute Gasteiger partial charge is 4.00 e. The molecular formula is H12N7O27YZr. The molecule has 0 aromatic heterocycles. The molecule has 0 atom stereocenters. The van der Waals surface area contributed by atoms with Crippen molar-refractivity contribution < 1.29 is 127 Å². The zero-order valence-electron chi connectivity index (χ0n) is 15.8. The van der Waals surface area contributed by atoms with Crippen molar-refractivity contribution in [2.75, 3.05) is 0 Å². The molecule has 0 aromatic carbocycles. The summed E-state index contributed by atoms with van der Waals surface area (Å²) in [6.45, 7) is 0. The van der Waals surface area contributed by atoms with Crippen LogP contribution in [0.3, 0.4) is 0 Å². The second-order valence-electron chi connectivity index (χ2n) is 1.57. The zero-order valence-corrected chi connectivity index (χ0v) is 21.1. The summed E-state index contributed by atoms with van der Waals surface area (Å²) in [4.78, 5) is 57.8. The van der Waals surface area contributed by atoms with E-state index in [1.165, 1.54) is 0 Å². The quantitative estimate of drug-likeness (QED) is 0.166. The standard InChI is InChI=1S/7NO3.6H2O.Y.Zr/c7*2-1(3)4;;;;;;;;/h;;;;;;;6*1H2;;/q7*-1;;;;;;;+3;+4. The van der Waals surface area contributed by atoms with Crippen LogP contribution in [0.5, 0.6) is 0 Å². The number of nitrogens with zero attached hydrogens (tertiary/aromatic N) is 7. The molecule has 216 valence electrons. The van der Waals surface area contributed by atoms with Crippen molar-refractivity contribution in [1.82, 2.24) is 0 Å². The van der Waals surface area contributed by atoms with Crippen molar-refractivity contribution in [1.29, 1.82) is 0 Å². The summed E-state index contributed by atoms with van der Waals surface area (Å²) < 4.78 is 0. The van der Waals surface area contributed by atoms with E-state index in [4.69, 9.17) is 107 Å². The van der Waals surface area contributed by atoms with Gasteiger partial charge >= 0.3 is 58.9 Å². The first-order valence-electron chi connectivity index (χ1n) is 3.83. The number of rotatable bonds is 0. The van der Waals surface area contributed by atoms with Crippen molar-refractivity contribution in [2.45, 2.75) is 0 Å². The van der Waals surface area contributed by atoms with Gasteiger partial charge in [-0.05, 0) is 0 Å². The minimum Gasteiger partial charge on any atom is -0.412 e. The number of hydrogen-bond acceptors (Lipinski definition) is 21. The van der Waals surface area contributed by atoms with E-state index in [9.17, 15) is 0 Å². The fourth-order valence-electron chi connectivity index (χ4n) is 0. The Labute approximate surface area is 234 Å². The molecule has 36 heavy (non-hydrogen) atoms. The van der Waals surface area contributed by atoms with Crippen molar-refractivity contribution in [3.63, 3.8) is 0 Å². The second kappa shape index (κ2) is 96.3. The third-order valence-corrected chi connectivity index (χ3v) is 0. The van der Waals surface area contributed by atoms with Gasteiger partial charge in [-0.2, -0.15) is 0 Å². The molecule has 0 rings (SSSR count). The van der Waals surface area contributed by atoms with E-state index in [2.05, 4.69) is 0 Å². The summed E-state index contributed by atoms with van der Waals surface area (Å²) in [7, 11) is 0.